The average Bonchev–Trinajstić information content (AvgIpc) is 2.81. The predicted molar refractivity (Wildman–Crippen MR) is 115 cm³/mol. The van der Waals surface area contributed by atoms with E-state index in [9.17, 15) is 9.59 Å². The molecule has 3 rings (SSSR count). The van der Waals surface area contributed by atoms with Gasteiger partial charge < -0.3 is 14.8 Å². The summed E-state index contributed by atoms with van der Waals surface area (Å²) in [5, 5.41) is 2.99. The van der Waals surface area contributed by atoms with Crippen LogP contribution in [0.3, 0.4) is 0 Å². The smallest absolute Gasteiger partial charge is 0.337 e. The summed E-state index contributed by atoms with van der Waals surface area (Å²) in [4.78, 5) is 26.3. The van der Waals surface area contributed by atoms with Gasteiger partial charge in [-0.15, -0.1) is 0 Å². The third-order valence-corrected chi connectivity index (χ3v) is 5.57. The summed E-state index contributed by atoms with van der Waals surface area (Å²) in [6.45, 7) is 4.71. The van der Waals surface area contributed by atoms with E-state index >= 15 is 0 Å². The molecule has 1 aliphatic rings. The molecule has 2 aromatic carbocycles. The molecule has 2 aromatic rings. The maximum atomic E-state index is 12.6. The number of carbonyl (C=O) groups excluding carboxylic acids is 2. The first kappa shape index (κ1) is 22.0. The van der Waals surface area contributed by atoms with Crippen molar-refractivity contribution in [1.29, 1.82) is 0 Å². The highest BCUT2D eigenvalue weighted by molar-refractivity contribution is 5.89. The van der Waals surface area contributed by atoms with E-state index in [-0.39, 0.29) is 24.0 Å². The molecule has 6 heteroatoms. The normalized spacial score (nSPS) is 16.1. The van der Waals surface area contributed by atoms with E-state index in [4.69, 9.17) is 9.47 Å². The van der Waals surface area contributed by atoms with Gasteiger partial charge in [-0.25, -0.2) is 4.79 Å². The van der Waals surface area contributed by atoms with Crippen molar-refractivity contribution >= 4 is 11.9 Å². The molecule has 0 bridgehead atoms. The van der Waals surface area contributed by atoms with Crippen molar-refractivity contribution in [2.24, 2.45) is 0 Å². The van der Waals surface area contributed by atoms with E-state index in [2.05, 4.69) is 22.3 Å². The zero-order chi connectivity index (χ0) is 21.3. The van der Waals surface area contributed by atoms with Crippen LogP contribution in [0.1, 0.15) is 41.3 Å². The lowest BCUT2D eigenvalue weighted by Crippen LogP contribution is -2.49. The van der Waals surface area contributed by atoms with E-state index < -0.39 is 0 Å². The molecule has 160 valence electrons. The van der Waals surface area contributed by atoms with Crippen LogP contribution in [0, 0.1) is 0 Å². The second-order valence-electron chi connectivity index (χ2n) is 7.61. The molecule has 0 aromatic heterocycles. The van der Waals surface area contributed by atoms with Crippen LogP contribution in [0.4, 0.5) is 0 Å². The zero-order valence-corrected chi connectivity index (χ0v) is 17.7. The van der Waals surface area contributed by atoms with Gasteiger partial charge in [0.15, 0.2) is 0 Å². The number of benzene rings is 2. The number of nitrogens with zero attached hydrogens (tertiary/aromatic N) is 1. The average molecular weight is 411 g/mol. The van der Waals surface area contributed by atoms with Crippen LogP contribution in [-0.4, -0.2) is 49.1 Å². The molecule has 1 atom stereocenters. The standard InChI is InChI=1S/C24H30N2O4/c1-18(23(27)25-16-19-8-10-21(11-9-19)24(28)29-2)26-14-12-22(13-15-26)30-17-20-6-4-3-5-7-20/h3-11,18,22H,12-17H2,1-2H3,(H,25,27). The Bertz CT molecular complexity index is 815. The zero-order valence-electron chi connectivity index (χ0n) is 17.7. The maximum Gasteiger partial charge on any atom is 0.337 e. The van der Waals surface area contributed by atoms with Gasteiger partial charge in [-0.05, 0) is 43.0 Å². The highest BCUT2D eigenvalue weighted by Gasteiger charge is 2.26. The predicted octanol–water partition coefficient (Wildman–Crippen LogP) is 3.16. The van der Waals surface area contributed by atoms with Gasteiger partial charge in [0, 0.05) is 19.6 Å². The molecule has 0 spiro atoms. The van der Waals surface area contributed by atoms with E-state index in [0.29, 0.717) is 18.7 Å². The highest BCUT2D eigenvalue weighted by Crippen LogP contribution is 2.18. The lowest BCUT2D eigenvalue weighted by molar-refractivity contribution is -0.127. The van der Waals surface area contributed by atoms with Crippen LogP contribution in [0.15, 0.2) is 54.6 Å². The van der Waals surface area contributed by atoms with Crippen molar-refractivity contribution in [2.45, 2.75) is 45.1 Å². The number of likely N-dealkylation sites (tertiary alicyclic amines) is 1. The Kier molecular flexibility index (Phi) is 7.99. The van der Waals surface area contributed by atoms with E-state index in [1.165, 1.54) is 12.7 Å². The molecule has 1 unspecified atom stereocenters. The minimum atomic E-state index is -0.365. The lowest BCUT2D eigenvalue weighted by atomic mass is 10.1. The van der Waals surface area contributed by atoms with Crippen LogP contribution in [0.5, 0.6) is 0 Å². The van der Waals surface area contributed by atoms with Crippen LogP contribution < -0.4 is 5.32 Å². The maximum absolute atomic E-state index is 12.6. The van der Waals surface area contributed by atoms with Gasteiger partial charge in [-0.2, -0.15) is 0 Å². The number of amides is 1. The molecule has 1 saturated heterocycles. The van der Waals surface area contributed by atoms with Crippen LogP contribution in [0.2, 0.25) is 0 Å². The number of ether oxygens (including phenoxy) is 2. The Labute approximate surface area is 178 Å². The van der Waals surface area contributed by atoms with Gasteiger partial charge in [0.1, 0.15) is 0 Å². The van der Waals surface area contributed by atoms with Crippen molar-refractivity contribution < 1.29 is 19.1 Å². The lowest BCUT2D eigenvalue weighted by Gasteiger charge is -2.35. The summed E-state index contributed by atoms with van der Waals surface area (Å²) in [6.07, 6.45) is 2.10. The third kappa shape index (κ3) is 6.15. The monoisotopic (exact) mass is 410 g/mol. The largest absolute Gasteiger partial charge is 0.465 e. The van der Waals surface area contributed by atoms with Crippen LogP contribution in [-0.2, 0) is 27.4 Å². The van der Waals surface area contributed by atoms with Crippen molar-refractivity contribution in [3.8, 4) is 0 Å². The molecule has 1 heterocycles. The third-order valence-electron chi connectivity index (χ3n) is 5.57. The number of esters is 1. The number of piperidine rings is 1. The molecule has 1 N–H and O–H groups in total. The minimum Gasteiger partial charge on any atom is -0.465 e. The summed E-state index contributed by atoms with van der Waals surface area (Å²) < 4.78 is 10.7. The van der Waals surface area contributed by atoms with Crippen LogP contribution in [0.25, 0.3) is 0 Å². The summed E-state index contributed by atoms with van der Waals surface area (Å²) in [7, 11) is 1.36. The molecule has 0 aliphatic carbocycles. The Morgan fingerprint density at radius 2 is 1.70 bits per heavy atom. The van der Waals surface area contributed by atoms with E-state index in [0.717, 1.165) is 31.5 Å². The highest BCUT2D eigenvalue weighted by atomic mass is 16.5. The molecule has 1 fully saturated rings. The number of nitrogens with one attached hydrogen (secondary N) is 1. The number of hydrogen-bond donors (Lipinski definition) is 1. The Morgan fingerprint density at radius 3 is 2.33 bits per heavy atom. The van der Waals surface area contributed by atoms with Gasteiger partial charge in [-0.3, -0.25) is 9.69 Å². The molecule has 6 nitrogen and oxygen atoms in total. The molecule has 30 heavy (non-hydrogen) atoms. The fourth-order valence-corrected chi connectivity index (χ4v) is 3.60. The summed E-state index contributed by atoms with van der Waals surface area (Å²) in [5.74, 6) is -0.356. The van der Waals surface area contributed by atoms with Crippen molar-refractivity contribution in [3.05, 3.63) is 71.3 Å². The van der Waals surface area contributed by atoms with Gasteiger partial charge in [0.25, 0.3) is 0 Å². The fraction of sp³-hybridized carbons (Fsp3) is 0.417. The first-order valence-electron chi connectivity index (χ1n) is 10.4. The first-order chi connectivity index (χ1) is 14.6. The fourth-order valence-electron chi connectivity index (χ4n) is 3.60. The van der Waals surface area contributed by atoms with Gasteiger partial charge in [-0.1, -0.05) is 42.5 Å². The molecular formula is C24H30N2O4. The number of carbonyl (C=O) groups is 2. The quantitative estimate of drug-likeness (QED) is 0.677. The summed E-state index contributed by atoms with van der Waals surface area (Å²) in [5.41, 5.74) is 2.63. The van der Waals surface area contributed by atoms with Crippen molar-refractivity contribution in [3.63, 3.8) is 0 Å². The summed E-state index contributed by atoms with van der Waals surface area (Å²) >= 11 is 0. The molecule has 1 amide bonds. The van der Waals surface area contributed by atoms with Gasteiger partial charge in [0.2, 0.25) is 5.91 Å². The van der Waals surface area contributed by atoms with Crippen molar-refractivity contribution in [1.82, 2.24) is 10.2 Å². The molecule has 1 aliphatic heterocycles. The number of hydrogen-bond acceptors (Lipinski definition) is 5. The molecule has 0 saturated carbocycles. The van der Waals surface area contributed by atoms with Gasteiger partial charge >= 0.3 is 5.97 Å². The van der Waals surface area contributed by atoms with E-state index in [1.807, 2.05) is 37.3 Å². The summed E-state index contributed by atoms with van der Waals surface area (Å²) in [6, 6.07) is 17.1. The molecular weight excluding hydrogens is 380 g/mol. The number of methoxy groups -OCH3 is 1. The van der Waals surface area contributed by atoms with Crippen LogP contribution >= 0.6 is 0 Å². The number of rotatable bonds is 8. The second kappa shape index (κ2) is 10.9. The van der Waals surface area contributed by atoms with Gasteiger partial charge in [0.05, 0.1) is 31.4 Å². The second-order valence-corrected chi connectivity index (χ2v) is 7.61. The Balaban J connectivity index is 1.39. The van der Waals surface area contributed by atoms with E-state index in [1.54, 1.807) is 12.1 Å². The first-order valence-corrected chi connectivity index (χ1v) is 10.4. The molecule has 0 radical (unpaired) electrons. The minimum absolute atomic E-state index is 0.00991. The Hall–Kier alpha value is -2.70. The topological polar surface area (TPSA) is 67.9 Å². The SMILES string of the molecule is COC(=O)c1ccc(CNC(=O)C(C)N2CCC(OCc3ccccc3)CC2)cc1. The van der Waals surface area contributed by atoms with Crippen molar-refractivity contribution in [2.75, 3.05) is 20.2 Å². The Morgan fingerprint density at radius 1 is 1.03 bits per heavy atom.